The van der Waals surface area contributed by atoms with E-state index >= 15 is 0 Å². The highest BCUT2D eigenvalue weighted by Crippen LogP contribution is 2.37. The van der Waals surface area contributed by atoms with E-state index in [1.807, 2.05) is 19.2 Å². The van der Waals surface area contributed by atoms with Gasteiger partial charge in [-0.15, -0.1) is 0 Å². The van der Waals surface area contributed by atoms with Gasteiger partial charge in [0.05, 0.1) is 0 Å². The number of hydrogen-bond acceptors (Lipinski definition) is 5. The molecule has 0 N–H and O–H groups in total. The zero-order valence-electron chi connectivity index (χ0n) is 7.88. The molecule has 2 heterocycles. The van der Waals surface area contributed by atoms with Crippen LogP contribution in [0, 0.1) is 0 Å². The lowest BCUT2D eigenvalue weighted by molar-refractivity contribution is 1.29. The molecular weight excluding hydrogens is 294 g/mol. The maximum absolute atomic E-state index is 4.41. The number of aromatic nitrogens is 2. The van der Waals surface area contributed by atoms with Crippen molar-refractivity contribution in [2.45, 2.75) is 0 Å². The Bertz CT molecular complexity index is 456. The van der Waals surface area contributed by atoms with Gasteiger partial charge < -0.3 is 4.31 Å². The monoisotopic (exact) mass is 301 g/mol. The van der Waals surface area contributed by atoms with Crippen molar-refractivity contribution >= 4 is 45.1 Å². The molecule has 0 aliphatic carbocycles. The summed E-state index contributed by atoms with van der Waals surface area (Å²) in [4.78, 5) is 8.47. The number of thiazole rings is 1. The Morgan fingerprint density at radius 1 is 1.53 bits per heavy atom. The SMILES string of the molecule is CN(S)c1sc(-c2cccnc2)nc1Br. The Kier molecular flexibility index (Phi) is 3.28. The molecule has 0 radical (unpaired) electrons. The van der Waals surface area contributed by atoms with Gasteiger partial charge >= 0.3 is 0 Å². The molecule has 0 unspecified atom stereocenters. The Hall–Kier alpha value is -0.590. The predicted octanol–water partition coefficient (Wildman–Crippen LogP) is 3.25. The van der Waals surface area contributed by atoms with Crippen molar-refractivity contribution in [3.05, 3.63) is 29.1 Å². The maximum Gasteiger partial charge on any atom is 0.142 e. The summed E-state index contributed by atoms with van der Waals surface area (Å²) in [6.07, 6.45) is 3.55. The third kappa shape index (κ3) is 2.32. The van der Waals surface area contributed by atoms with Gasteiger partial charge in [0.15, 0.2) is 0 Å². The van der Waals surface area contributed by atoms with E-state index in [-0.39, 0.29) is 0 Å². The van der Waals surface area contributed by atoms with Crippen LogP contribution < -0.4 is 4.31 Å². The number of anilines is 1. The van der Waals surface area contributed by atoms with E-state index in [2.05, 4.69) is 38.7 Å². The Morgan fingerprint density at radius 3 is 2.87 bits per heavy atom. The van der Waals surface area contributed by atoms with Crippen LogP contribution in [0.1, 0.15) is 0 Å². The van der Waals surface area contributed by atoms with Crippen molar-refractivity contribution in [2.75, 3.05) is 11.4 Å². The fraction of sp³-hybridized carbons (Fsp3) is 0.111. The van der Waals surface area contributed by atoms with E-state index in [0.29, 0.717) is 0 Å². The third-order valence-electron chi connectivity index (χ3n) is 1.77. The molecule has 78 valence electrons. The van der Waals surface area contributed by atoms with Crippen molar-refractivity contribution in [2.24, 2.45) is 0 Å². The average molecular weight is 302 g/mol. The van der Waals surface area contributed by atoms with E-state index in [9.17, 15) is 0 Å². The van der Waals surface area contributed by atoms with Crippen LogP contribution in [0.15, 0.2) is 29.1 Å². The van der Waals surface area contributed by atoms with Gasteiger partial charge in [-0.25, -0.2) is 4.98 Å². The van der Waals surface area contributed by atoms with Crippen LogP contribution in [0.3, 0.4) is 0 Å². The van der Waals surface area contributed by atoms with Gasteiger partial charge in [-0.2, -0.15) is 0 Å². The van der Waals surface area contributed by atoms with Crippen LogP contribution in [0.25, 0.3) is 10.6 Å². The number of halogens is 1. The lowest BCUT2D eigenvalue weighted by Gasteiger charge is -2.05. The minimum atomic E-state index is 0.809. The molecule has 0 saturated heterocycles. The van der Waals surface area contributed by atoms with Crippen LogP contribution >= 0.6 is 40.1 Å². The molecule has 2 aromatic rings. The molecule has 0 fully saturated rings. The predicted molar refractivity (Wildman–Crippen MR) is 70.4 cm³/mol. The number of nitrogens with zero attached hydrogens (tertiary/aromatic N) is 3. The van der Waals surface area contributed by atoms with E-state index in [0.717, 1.165) is 20.2 Å². The molecule has 2 aromatic heterocycles. The topological polar surface area (TPSA) is 29.0 Å². The highest BCUT2D eigenvalue weighted by molar-refractivity contribution is 9.10. The molecule has 0 amide bonds. The molecule has 0 aliphatic rings. The van der Waals surface area contributed by atoms with E-state index in [1.54, 1.807) is 28.0 Å². The zero-order chi connectivity index (χ0) is 10.8. The first kappa shape index (κ1) is 10.9. The van der Waals surface area contributed by atoms with Crippen LogP contribution in [-0.4, -0.2) is 17.0 Å². The van der Waals surface area contributed by atoms with Crippen molar-refractivity contribution in [3.63, 3.8) is 0 Å². The molecule has 0 atom stereocenters. The van der Waals surface area contributed by atoms with Gasteiger partial charge in [-0.1, -0.05) is 24.2 Å². The lowest BCUT2D eigenvalue weighted by atomic mass is 10.3. The quantitative estimate of drug-likeness (QED) is 0.863. The number of thiol groups is 1. The largest absolute Gasteiger partial charge is 0.311 e. The Balaban J connectivity index is 2.43. The molecule has 6 heteroatoms. The van der Waals surface area contributed by atoms with Gasteiger partial charge in [0.25, 0.3) is 0 Å². The van der Waals surface area contributed by atoms with Crippen molar-refractivity contribution < 1.29 is 0 Å². The number of hydrogen-bond donors (Lipinski definition) is 1. The second kappa shape index (κ2) is 4.51. The Morgan fingerprint density at radius 2 is 2.33 bits per heavy atom. The second-order valence-corrected chi connectivity index (χ2v) is 5.21. The maximum atomic E-state index is 4.41. The van der Waals surface area contributed by atoms with Gasteiger partial charge in [0.1, 0.15) is 14.6 Å². The number of rotatable bonds is 2. The van der Waals surface area contributed by atoms with E-state index < -0.39 is 0 Å². The van der Waals surface area contributed by atoms with Gasteiger partial charge in [0.2, 0.25) is 0 Å². The molecular formula is C9H8BrN3S2. The molecule has 0 saturated carbocycles. The molecule has 0 spiro atoms. The van der Waals surface area contributed by atoms with E-state index in [1.165, 1.54) is 0 Å². The summed E-state index contributed by atoms with van der Waals surface area (Å²) >= 11 is 9.22. The third-order valence-corrected chi connectivity index (χ3v) is 4.10. The molecule has 15 heavy (non-hydrogen) atoms. The second-order valence-electron chi connectivity index (χ2n) is 2.88. The minimum absolute atomic E-state index is 0.809. The molecule has 0 aliphatic heterocycles. The van der Waals surface area contributed by atoms with E-state index in [4.69, 9.17) is 0 Å². The first-order valence-electron chi connectivity index (χ1n) is 4.18. The van der Waals surface area contributed by atoms with Crippen molar-refractivity contribution in [3.8, 4) is 10.6 Å². The van der Waals surface area contributed by atoms with Crippen LogP contribution in [0.4, 0.5) is 5.00 Å². The van der Waals surface area contributed by atoms with Gasteiger partial charge in [0, 0.05) is 25.0 Å². The van der Waals surface area contributed by atoms with Crippen molar-refractivity contribution in [1.82, 2.24) is 9.97 Å². The van der Waals surface area contributed by atoms with Crippen LogP contribution in [-0.2, 0) is 0 Å². The fourth-order valence-corrected chi connectivity index (χ4v) is 3.08. The standard InChI is InChI=1S/C9H8BrN3S2/c1-13(14)9-7(10)12-8(15-9)6-3-2-4-11-5-6/h2-5,14H,1H3. The molecule has 3 nitrogen and oxygen atoms in total. The summed E-state index contributed by atoms with van der Waals surface area (Å²) in [5, 5.41) is 1.92. The molecule has 0 aromatic carbocycles. The highest BCUT2D eigenvalue weighted by atomic mass is 79.9. The summed E-state index contributed by atoms with van der Waals surface area (Å²) in [5.41, 5.74) is 1.02. The van der Waals surface area contributed by atoms with Crippen LogP contribution in [0.5, 0.6) is 0 Å². The molecule has 2 rings (SSSR count). The van der Waals surface area contributed by atoms with Crippen LogP contribution in [0.2, 0.25) is 0 Å². The smallest absolute Gasteiger partial charge is 0.142 e. The summed E-state index contributed by atoms with van der Waals surface area (Å²) < 4.78 is 2.55. The highest BCUT2D eigenvalue weighted by Gasteiger charge is 2.12. The minimum Gasteiger partial charge on any atom is -0.311 e. The summed E-state index contributed by atoms with van der Waals surface area (Å²) in [5.74, 6) is 0. The first-order valence-corrected chi connectivity index (χ1v) is 6.19. The normalized spacial score (nSPS) is 10.3. The first-order chi connectivity index (χ1) is 7.18. The summed E-state index contributed by atoms with van der Waals surface area (Å²) in [7, 11) is 1.87. The Labute approximate surface area is 106 Å². The number of pyridine rings is 1. The summed E-state index contributed by atoms with van der Waals surface area (Å²) in [6.45, 7) is 0. The van der Waals surface area contributed by atoms with Gasteiger partial charge in [-0.3, -0.25) is 4.98 Å². The zero-order valence-corrected chi connectivity index (χ0v) is 11.2. The molecule has 0 bridgehead atoms. The fourth-order valence-electron chi connectivity index (χ4n) is 1.11. The van der Waals surface area contributed by atoms with Crippen molar-refractivity contribution in [1.29, 1.82) is 0 Å². The lowest BCUT2D eigenvalue weighted by Crippen LogP contribution is -1.97. The van der Waals surface area contributed by atoms with Gasteiger partial charge in [-0.05, 0) is 28.1 Å². The summed E-state index contributed by atoms with van der Waals surface area (Å²) in [6, 6.07) is 3.88. The average Bonchev–Trinajstić information content (AvgIpc) is 2.62.